The Balaban J connectivity index is 1.37. The number of nitrogens with one attached hydrogen (secondary N) is 1. The molecule has 1 aromatic heterocycles. The maximum atomic E-state index is 13.3. The molecule has 1 unspecified atom stereocenters. The number of hydrogen-bond donors (Lipinski definition) is 1. The first kappa shape index (κ1) is 25.1. The molecule has 1 amide bonds. The number of fused-ring (bicyclic) bond motifs is 3. The van der Waals surface area contributed by atoms with Crippen molar-refractivity contribution in [3.63, 3.8) is 0 Å². The SMILES string of the molecule is COc1cccc2c1N=CN1CC(NC(=O)c3ccc(N(C)C)nc3)(OCCCN3CCOCC3)N=C21. The van der Waals surface area contributed by atoms with Crippen LogP contribution in [0.3, 0.4) is 0 Å². The molecule has 2 aromatic rings. The Morgan fingerprint density at radius 2 is 2.05 bits per heavy atom. The average Bonchev–Trinajstić information content (AvgIpc) is 3.30. The van der Waals surface area contributed by atoms with Crippen LogP contribution in [-0.4, -0.2) is 106 Å². The molecule has 0 aliphatic carbocycles. The standard InChI is InChI=1S/C26H33N7O4/c1-31(2)22-9-8-19(16-27-22)25(34)30-26(37-13-5-10-32-11-14-36-15-12-32)17-33-18-28-23-20(24(33)29-26)6-4-7-21(23)35-3/h4,6-9,16,18H,5,10-15,17H2,1-3H3,(H,30,34). The van der Waals surface area contributed by atoms with Gasteiger partial charge >= 0.3 is 0 Å². The number of carbonyl (C=O) groups excluding carboxylic acids is 1. The number of hydrogen-bond acceptors (Lipinski definition) is 10. The lowest BCUT2D eigenvalue weighted by Crippen LogP contribution is -2.53. The topological polar surface area (TPSA) is 104 Å². The lowest BCUT2D eigenvalue weighted by Gasteiger charge is -2.30. The lowest BCUT2D eigenvalue weighted by molar-refractivity contribution is -0.0580. The van der Waals surface area contributed by atoms with E-state index in [-0.39, 0.29) is 5.91 Å². The Labute approximate surface area is 216 Å². The number of nitrogens with zero attached hydrogens (tertiary/aromatic N) is 6. The van der Waals surface area contributed by atoms with Crippen LogP contribution in [0.15, 0.2) is 46.5 Å². The number of benzene rings is 1. The summed E-state index contributed by atoms with van der Waals surface area (Å²) in [5, 5.41) is 3.04. The molecule has 0 spiro atoms. The molecular formula is C26H33N7O4. The van der Waals surface area contributed by atoms with E-state index in [4.69, 9.17) is 19.2 Å². The quantitative estimate of drug-likeness (QED) is 0.404. The second-order valence-corrected chi connectivity index (χ2v) is 9.36. The normalized spacial score (nSPS) is 20.7. The highest BCUT2D eigenvalue weighted by molar-refractivity contribution is 6.12. The van der Waals surface area contributed by atoms with Crippen LogP contribution in [0.25, 0.3) is 0 Å². The number of pyridine rings is 1. The van der Waals surface area contributed by atoms with Crippen LogP contribution in [0.2, 0.25) is 0 Å². The maximum absolute atomic E-state index is 13.3. The molecule has 1 fully saturated rings. The number of anilines is 1. The van der Waals surface area contributed by atoms with Crippen LogP contribution in [0.4, 0.5) is 11.5 Å². The van der Waals surface area contributed by atoms with Crippen molar-refractivity contribution in [2.45, 2.75) is 12.3 Å². The van der Waals surface area contributed by atoms with E-state index in [0.717, 1.165) is 50.7 Å². The van der Waals surface area contributed by atoms with E-state index < -0.39 is 5.85 Å². The number of carbonyl (C=O) groups is 1. The highest BCUT2D eigenvalue weighted by Crippen LogP contribution is 2.37. The summed E-state index contributed by atoms with van der Waals surface area (Å²) in [6, 6.07) is 9.27. The van der Waals surface area contributed by atoms with Gasteiger partial charge in [-0.1, -0.05) is 6.07 Å². The van der Waals surface area contributed by atoms with Crippen molar-refractivity contribution < 1.29 is 19.0 Å². The van der Waals surface area contributed by atoms with Crippen molar-refractivity contribution in [1.82, 2.24) is 20.1 Å². The average molecular weight is 508 g/mol. The molecule has 1 saturated heterocycles. The third-order valence-electron chi connectivity index (χ3n) is 6.57. The van der Waals surface area contributed by atoms with E-state index >= 15 is 0 Å². The van der Waals surface area contributed by atoms with E-state index in [1.807, 2.05) is 48.2 Å². The number of ether oxygens (including phenoxy) is 3. The zero-order chi connectivity index (χ0) is 25.8. The zero-order valence-electron chi connectivity index (χ0n) is 21.5. The fourth-order valence-corrected chi connectivity index (χ4v) is 4.58. The minimum absolute atomic E-state index is 0.301. The lowest BCUT2D eigenvalue weighted by atomic mass is 10.1. The zero-order valence-corrected chi connectivity index (χ0v) is 21.5. The Morgan fingerprint density at radius 3 is 2.78 bits per heavy atom. The number of amidine groups is 1. The number of methoxy groups -OCH3 is 1. The Bertz CT molecular complexity index is 1180. The van der Waals surface area contributed by atoms with Gasteiger partial charge in [0.2, 0.25) is 0 Å². The van der Waals surface area contributed by atoms with Crippen molar-refractivity contribution in [3.05, 3.63) is 47.7 Å². The summed E-state index contributed by atoms with van der Waals surface area (Å²) in [4.78, 5) is 33.3. The smallest absolute Gasteiger partial charge is 0.259 e. The number of amides is 1. The van der Waals surface area contributed by atoms with Crippen LogP contribution in [-0.2, 0) is 9.47 Å². The Hall–Kier alpha value is -3.54. The monoisotopic (exact) mass is 507 g/mol. The molecular weight excluding hydrogens is 474 g/mol. The summed E-state index contributed by atoms with van der Waals surface area (Å²) in [6.45, 7) is 4.98. The first-order valence-electron chi connectivity index (χ1n) is 12.5. The van der Waals surface area contributed by atoms with Crippen LogP contribution in [0.5, 0.6) is 5.75 Å². The molecule has 3 aliphatic rings. The summed E-state index contributed by atoms with van der Waals surface area (Å²) in [5.41, 5.74) is 1.97. The maximum Gasteiger partial charge on any atom is 0.259 e. The third kappa shape index (κ3) is 5.43. The molecule has 4 heterocycles. The van der Waals surface area contributed by atoms with Gasteiger partial charge in [0.25, 0.3) is 11.8 Å². The van der Waals surface area contributed by atoms with Gasteiger partial charge in [-0.3, -0.25) is 9.69 Å². The molecule has 1 aromatic carbocycles. The first-order chi connectivity index (χ1) is 18.0. The minimum Gasteiger partial charge on any atom is -0.494 e. The van der Waals surface area contributed by atoms with Gasteiger partial charge in [-0.05, 0) is 30.7 Å². The third-order valence-corrected chi connectivity index (χ3v) is 6.57. The number of para-hydroxylation sites is 1. The summed E-state index contributed by atoms with van der Waals surface area (Å²) in [7, 11) is 5.42. The van der Waals surface area contributed by atoms with E-state index in [1.54, 1.807) is 25.7 Å². The number of rotatable bonds is 9. The fourth-order valence-electron chi connectivity index (χ4n) is 4.58. The van der Waals surface area contributed by atoms with Gasteiger partial charge in [0, 0.05) is 45.5 Å². The van der Waals surface area contributed by atoms with E-state index in [9.17, 15) is 4.79 Å². The molecule has 1 N–H and O–H groups in total. The van der Waals surface area contributed by atoms with E-state index in [0.29, 0.717) is 36.0 Å². The van der Waals surface area contributed by atoms with Crippen molar-refractivity contribution in [2.75, 3.05) is 72.1 Å². The Kier molecular flexibility index (Phi) is 7.36. The predicted molar refractivity (Wildman–Crippen MR) is 141 cm³/mol. The largest absolute Gasteiger partial charge is 0.494 e. The van der Waals surface area contributed by atoms with Crippen molar-refractivity contribution >= 4 is 29.6 Å². The van der Waals surface area contributed by atoms with Gasteiger partial charge in [-0.2, -0.15) is 0 Å². The van der Waals surface area contributed by atoms with Crippen molar-refractivity contribution in [3.8, 4) is 5.75 Å². The summed E-state index contributed by atoms with van der Waals surface area (Å²) >= 11 is 0. The highest BCUT2D eigenvalue weighted by Gasteiger charge is 2.44. The van der Waals surface area contributed by atoms with Crippen LogP contribution >= 0.6 is 0 Å². The molecule has 11 heteroatoms. The van der Waals surface area contributed by atoms with Gasteiger partial charge in [0.1, 0.15) is 23.1 Å². The molecule has 11 nitrogen and oxygen atoms in total. The molecule has 5 rings (SSSR count). The molecule has 0 radical (unpaired) electrons. The molecule has 196 valence electrons. The summed E-state index contributed by atoms with van der Waals surface area (Å²) in [5.74, 6) is 0.534. The van der Waals surface area contributed by atoms with Crippen LogP contribution in [0.1, 0.15) is 22.3 Å². The summed E-state index contributed by atoms with van der Waals surface area (Å²) in [6.07, 6.45) is 4.08. The molecule has 0 saturated carbocycles. The number of morpholine rings is 1. The highest BCUT2D eigenvalue weighted by atomic mass is 16.5. The van der Waals surface area contributed by atoms with Crippen molar-refractivity contribution in [2.24, 2.45) is 9.98 Å². The number of aromatic nitrogens is 1. The van der Waals surface area contributed by atoms with E-state index in [2.05, 4.69) is 20.2 Å². The fraction of sp³-hybridized carbons (Fsp3) is 0.462. The van der Waals surface area contributed by atoms with Crippen LogP contribution < -0.4 is 15.0 Å². The molecule has 1 atom stereocenters. The second kappa shape index (κ2) is 10.8. The van der Waals surface area contributed by atoms with Crippen LogP contribution in [0, 0.1) is 0 Å². The first-order valence-corrected chi connectivity index (χ1v) is 12.5. The predicted octanol–water partition coefficient (Wildman–Crippen LogP) is 1.71. The van der Waals surface area contributed by atoms with Gasteiger partial charge in [-0.15, -0.1) is 0 Å². The molecule has 0 bridgehead atoms. The molecule has 3 aliphatic heterocycles. The number of aliphatic imine (C=N–C) groups is 2. The second-order valence-electron chi connectivity index (χ2n) is 9.36. The van der Waals surface area contributed by atoms with Crippen molar-refractivity contribution in [1.29, 1.82) is 0 Å². The minimum atomic E-state index is -1.27. The molecule has 37 heavy (non-hydrogen) atoms. The van der Waals surface area contributed by atoms with Gasteiger partial charge in [-0.25, -0.2) is 15.0 Å². The Morgan fingerprint density at radius 1 is 1.22 bits per heavy atom. The van der Waals surface area contributed by atoms with Gasteiger partial charge in [0.05, 0.1) is 45.4 Å². The summed E-state index contributed by atoms with van der Waals surface area (Å²) < 4.78 is 17.3. The van der Waals surface area contributed by atoms with Gasteiger partial charge in [0.15, 0.2) is 0 Å². The van der Waals surface area contributed by atoms with Gasteiger partial charge < -0.3 is 29.3 Å². The van der Waals surface area contributed by atoms with E-state index in [1.165, 1.54) is 0 Å².